The molecule has 7 heteroatoms. The predicted octanol–water partition coefficient (Wildman–Crippen LogP) is 5.19. The van der Waals surface area contributed by atoms with Crippen molar-refractivity contribution in [2.75, 3.05) is 5.32 Å². The number of rotatable bonds is 4. The molecule has 1 aliphatic carbocycles. The van der Waals surface area contributed by atoms with Crippen LogP contribution in [0.15, 0.2) is 54.3 Å². The van der Waals surface area contributed by atoms with Crippen LogP contribution < -0.4 is 5.32 Å². The Balaban J connectivity index is 1.67. The highest BCUT2D eigenvalue weighted by Gasteiger charge is 2.20. The molecule has 0 fully saturated rings. The number of fused-ring (bicyclic) bond motifs is 1. The Hall–Kier alpha value is -2.63. The zero-order chi connectivity index (χ0) is 19.0. The van der Waals surface area contributed by atoms with Crippen LogP contribution in [-0.4, -0.2) is 20.7 Å². The summed E-state index contributed by atoms with van der Waals surface area (Å²) in [4.78, 5) is 17.1. The Morgan fingerprint density at radius 3 is 2.74 bits per heavy atom. The van der Waals surface area contributed by atoms with Crippen LogP contribution in [0.1, 0.15) is 22.5 Å². The lowest BCUT2D eigenvalue weighted by molar-refractivity contribution is 0.102. The molecule has 5 nitrogen and oxygen atoms in total. The van der Waals surface area contributed by atoms with Crippen LogP contribution in [-0.2, 0) is 6.54 Å². The SMILES string of the molecule is Cc1nn(CC2=CCC=C2)c2ncc(C(=O)Nc3ccc(Cl)cc3)c(Cl)c12. The third-order valence-corrected chi connectivity index (χ3v) is 5.04. The molecule has 2 aromatic heterocycles. The molecule has 27 heavy (non-hydrogen) atoms. The molecule has 0 aliphatic heterocycles. The Morgan fingerprint density at radius 2 is 2.04 bits per heavy atom. The maximum absolute atomic E-state index is 12.6. The summed E-state index contributed by atoms with van der Waals surface area (Å²) < 4.78 is 1.82. The van der Waals surface area contributed by atoms with Gasteiger partial charge in [0.15, 0.2) is 5.65 Å². The molecular formula is C20H16Cl2N4O. The van der Waals surface area contributed by atoms with Gasteiger partial charge < -0.3 is 5.32 Å². The molecule has 136 valence electrons. The number of hydrogen-bond acceptors (Lipinski definition) is 3. The molecule has 1 aliphatic rings. The number of halogens is 2. The fourth-order valence-corrected chi connectivity index (χ4v) is 3.55. The molecule has 2 heterocycles. The van der Waals surface area contributed by atoms with Crippen molar-refractivity contribution in [1.29, 1.82) is 0 Å². The van der Waals surface area contributed by atoms with Crippen molar-refractivity contribution in [3.05, 3.63) is 75.6 Å². The molecule has 0 radical (unpaired) electrons. The molecule has 3 aromatic rings. The van der Waals surface area contributed by atoms with Crippen molar-refractivity contribution >= 4 is 45.8 Å². The average Bonchev–Trinajstić information content (AvgIpc) is 3.26. The van der Waals surface area contributed by atoms with E-state index >= 15 is 0 Å². The van der Waals surface area contributed by atoms with E-state index in [4.69, 9.17) is 23.2 Å². The number of pyridine rings is 1. The van der Waals surface area contributed by atoms with Gasteiger partial charge in [0.05, 0.1) is 28.2 Å². The summed E-state index contributed by atoms with van der Waals surface area (Å²) >= 11 is 12.4. The number of nitrogens with one attached hydrogen (secondary N) is 1. The fraction of sp³-hybridized carbons (Fsp3) is 0.150. The van der Waals surface area contributed by atoms with Crippen LogP contribution in [0.25, 0.3) is 11.0 Å². The standard InChI is InChI=1S/C20H16Cl2N4O/c1-12-17-18(22)16(20(27)24-15-8-6-14(21)7-9-15)10-23-19(17)26(25-12)11-13-4-2-3-5-13/h2,4-10H,3,11H2,1H3,(H,24,27). The molecule has 0 atom stereocenters. The van der Waals surface area contributed by atoms with Crippen molar-refractivity contribution < 1.29 is 4.79 Å². The Labute approximate surface area is 166 Å². The lowest BCUT2D eigenvalue weighted by Gasteiger charge is -2.08. The van der Waals surface area contributed by atoms with Crippen LogP contribution in [0, 0.1) is 6.92 Å². The van der Waals surface area contributed by atoms with E-state index in [0.29, 0.717) is 38.9 Å². The molecule has 0 bridgehead atoms. The van der Waals surface area contributed by atoms with Gasteiger partial charge in [0, 0.05) is 16.9 Å². The first-order valence-electron chi connectivity index (χ1n) is 8.47. The average molecular weight is 399 g/mol. The van der Waals surface area contributed by atoms with E-state index in [9.17, 15) is 4.79 Å². The molecule has 0 saturated carbocycles. The first-order chi connectivity index (χ1) is 13.0. The number of anilines is 1. The lowest BCUT2D eigenvalue weighted by atomic mass is 10.2. The normalized spacial score (nSPS) is 13.2. The maximum Gasteiger partial charge on any atom is 0.258 e. The number of carbonyl (C=O) groups excluding carboxylic acids is 1. The molecule has 0 saturated heterocycles. The van der Waals surface area contributed by atoms with Crippen LogP contribution in [0.2, 0.25) is 10.0 Å². The van der Waals surface area contributed by atoms with E-state index in [2.05, 4.69) is 33.6 Å². The van der Waals surface area contributed by atoms with Crippen molar-refractivity contribution in [2.24, 2.45) is 0 Å². The minimum absolute atomic E-state index is 0.307. The molecule has 1 amide bonds. The molecule has 1 aromatic carbocycles. The number of hydrogen-bond donors (Lipinski definition) is 1. The monoisotopic (exact) mass is 398 g/mol. The fourth-order valence-electron chi connectivity index (χ4n) is 3.07. The third kappa shape index (κ3) is 3.48. The van der Waals surface area contributed by atoms with Gasteiger partial charge in [-0.15, -0.1) is 0 Å². The Kier molecular flexibility index (Phi) is 4.72. The zero-order valence-electron chi connectivity index (χ0n) is 14.5. The number of carbonyl (C=O) groups is 1. The Morgan fingerprint density at radius 1 is 1.26 bits per heavy atom. The summed E-state index contributed by atoms with van der Waals surface area (Å²) in [7, 11) is 0. The number of allylic oxidation sites excluding steroid dienone is 4. The van der Waals surface area contributed by atoms with Crippen molar-refractivity contribution in [1.82, 2.24) is 14.8 Å². The van der Waals surface area contributed by atoms with Crippen LogP contribution in [0.4, 0.5) is 5.69 Å². The molecule has 0 unspecified atom stereocenters. The molecule has 4 rings (SSSR count). The molecular weight excluding hydrogens is 383 g/mol. The summed E-state index contributed by atoms with van der Waals surface area (Å²) in [6.45, 7) is 2.49. The Bertz CT molecular complexity index is 1100. The number of nitrogens with zero attached hydrogens (tertiary/aromatic N) is 3. The van der Waals surface area contributed by atoms with E-state index < -0.39 is 0 Å². The first-order valence-corrected chi connectivity index (χ1v) is 9.22. The van der Waals surface area contributed by atoms with E-state index in [0.717, 1.165) is 12.1 Å². The smallest absolute Gasteiger partial charge is 0.258 e. The predicted molar refractivity (Wildman–Crippen MR) is 109 cm³/mol. The molecule has 1 N–H and O–H groups in total. The highest BCUT2D eigenvalue weighted by molar-refractivity contribution is 6.39. The van der Waals surface area contributed by atoms with Gasteiger partial charge in [-0.25, -0.2) is 9.67 Å². The van der Waals surface area contributed by atoms with Gasteiger partial charge in [-0.05, 0) is 43.2 Å². The summed E-state index contributed by atoms with van der Waals surface area (Å²) in [5, 5.41) is 9.02. The summed E-state index contributed by atoms with van der Waals surface area (Å²) in [6.07, 6.45) is 8.77. The van der Waals surface area contributed by atoms with E-state index in [1.807, 2.05) is 11.6 Å². The zero-order valence-corrected chi connectivity index (χ0v) is 16.1. The summed E-state index contributed by atoms with van der Waals surface area (Å²) in [5.41, 5.74) is 3.53. The summed E-state index contributed by atoms with van der Waals surface area (Å²) in [5.74, 6) is -0.328. The van der Waals surface area contributed by atoms with E-state index in [1.54, 1.807) is 24.3 Å². The highest BCUT2D eigenvalue weighted by Crippen LogP contribution is 2.29. The van der Waals surface area contributed by atoms with Crippen molar-refractivity contribution in [3.63, 3.8) is 0 Å². The topological polar surface area (TPSA) is 59.8 Å². The third-order valence-electron chi connectivity index (χ3n) is 4.40. The van der Waals surface area contributed by atoms with E-state index in [1.165, 1.54) is 11.8 Å². The van der Waals surface area contributed by atoms with Gasteiger partial charge in [-0.2, -0.15) is 5.10 Å². The molecule has 0 spiro atoms. The summed E-state index contributed by atoms with van der Waals surface area (Å²) in [6, 6.07) is 6.87. The van der Waals surface area contributed by atoms with Crippen LogP contribution >= 0.6 is 23.2 Å². The first kappa shape index (κ1) is 17.8. The number of amides is 1. The van der Waals surface area contributed by atoms with Gasteiger partial charge in [-0.1, -0.05) is 41.4 Å². The quantitative estimate of drug-likeness (QED) is 0.657. The number of aryl methyl sites for hydroxylation is 1. The van der Waals surface area contributed by atoms with Crippen LogP contribution in [0.3, 0.4) is 0 Å². The maximum atomic E-state index is 12.6. The van der Waals surface area contributed by atoms with Gasteiger partial charge in [0.25, 0.3) is 5.91 Å². The van der Waals surface area contributed by atoms with Gasteiger partial charge in [0.2, 0.25) is 0 Å². The van der Waals surface area contributed by atoms with Gasteiger partial charge in [0.1, 0.15) is 0 Å². The van der Waals surface area contributed by atoms with E-state index in [-0.39, 0.29) is 5.91 Å². The lowest BCUT2D eigenvalue weighted by Crippen LogP contribution is -2.13. The number of aromatic nitrogens is 3. The van der Waals surface area contributed by atoms with Gasteiger partial charge in [-0.3, -0.25) is 4.79 Å². The van der Waals surface area contributed by atoms with Crippen LogP contribution in [0.5, 0.6) is 0 Å². The van der Waals surface area contributed by atoms with Crippen molar-refractivity contribution in [3.8, 4) is 0 Å². The minimum atomic E-state index is -0.328. The largest absolute Gasteiger partial charge is 0.322 e. The second kappa shape index (κ2) is 7.18. The highest BCUT2D eigenvalue weighted by atomic mass is 35.5. The second-order valence-electron chi connectivity index (χ2n) is 6.31. The van der Waals surface area contributed by atoms with Crippen molar-refractivity contribution in [2.45, 2.75) is 19.9 Å². The van der Waals surface area contributed by atoms with Gasteiger partial charge >= 0.3 is 0 Å². The second-order valence-corrected chi connectivity index (χ2v) is 7.12. The minimum Gasteiger partial charge on any atom is -0.322 e. The number of benzene rings is 1.